The molecule has 0 aliphatic heterocycles. The molecule has 0 aromatic carbocycles. The van der Waals surface area contributed by atoms with Crippen molar-refractivity contribution >= 4 is 5.91 Å². The summed E-state index contributed by atoms with van der Waals surface area (Å²) in [4.78, 5) is 18.0. The van der Waals surface area contributed by atoms with Crippen LogP contribution < -0.4 is 5.73 Å². The number of carbonyl (C=O) groups excluding carboxylic acids is 1. The molecule has 0 saturated heterocycles. The average molecular weight is 247 g/mol. The lowest BCUT2D eigenvalue weighted by atomic mass is 10.1. The fourth-order valence-corrected chi connectivity index (χ4v) is 1.70. The highest BCUT2D eigenvalue weighted by Crippen LogP contribution is 2.10. The highest BCUT2D eigenvalue weighted by molar-refractivity contribution is 5.82. The lowest BCUT2D eigenvalue weighted by Crippen LogP contribution is -2.46. The molecule has 0 saturated carbocycles. The van der Waals surface area contributed by atoms with Crippen LogP contribution in [0.5, 0.6) is 0 Å². The zero-order valence-electron chi connectivity index (χ0n) is 11.0. The molecule has 1 amide bonds. The fraction of sp³-hybridized carbons (Fsp3) is 0.429. The second kappa shape index (κ2) is 6.91. The SMILES string of the molecule is C=CCC(N)C(=O)N(Cc1cccnc1)C(C)C. The van der Waals surface area contributed by atoms with Gasteiger partial charge >= 0.3 is 0 Å². The first-order valence-corrected chi connectivity index (χ1v) is 6.12. The maximum atomic E-state index is 12.2. The number of pyridine rings is 1. The topological polar surface area (TPSA) is 59.2 Å². The summed E-state index contributed by atoms with van der Waals surface area (Å²) in [5.41, 5.74) is 6.85. The van der Waals surface area contributed by atoms with Gasteiger partial charge in [0.1, 0.15) is 0 Å². The molecule has 1 rings (SSSR count). The molecule has 98 valence electrons. The van der Waals surface area contributed by atoms with Crippen molar-refractivity contribution in [2.75, 3.05) is 0 Å². The van der Waals surface area contributed by atoms with Crippen LogP contribution in [-0.4, -0.2) is 27.9 Å². The third kappa shape index (κ3) is 3.96. The van der Waals surface area contributed by atoms with Crippen molar-refractivity contribution in [3.8, 4) is 0 Å². The molecule has 0 fully saturated rings. The van der Waals surface area contributed by atoms with E-state index >= 15 is 0 Å². The summed E-state index contributed by atoms with van der Waals surface area (Å²) in [6.07, 6.45) is 5.65. The minimum Gasteiger partial charge on any atom is -0.335 e. The van der Waals surface area contributed by atoms with Crippen molar-refractivity contribution in [3.63, 3.8) is 0 Å². The number of carbonyl (C=O) groups is 1. The van der Waals surface area contributed by atoms with Crippen molar-refractivity contribution in [2.24, 2.45) is 5.73 Å². The Morgan fingerprint density at radius 3 is 2.83 bits per heavy atom. The van der Waals surface area contributed by atoms with E-state index in [4.69, 9.17) is 5.73 Å². The van der Waals surface area contributed by atoms with Crippen LogP contribution in [0, 0.1) is 0 Å². The van der Waals surface area contributed by atoms with Gasteiger partial charge in [0.15, 0.2) is 0 Å². The largest absolute Gasteiger partial charge is 0.335 e. The molecule has 18 heavy (non-hydrogen) atoms. The van der Waals surface area contributed by atoms with Crippen LogP contribution in [0.1, 0.15) is 25.8 Å². The van der Waals surface area contributed by atoms with Crippen LogP contribution in [0.25, 0.3) is 0 Å². The number of aromatic nitrogens is 1. The number of rotatable bonds is 6. The minimum atomic E-state index is -0.512. The van der Waals surface area contributed by atoms with E-state index in [2.05, 4.69) is 11.6 Å². The molecule has 0 bridgehead atoms. The monoisotopic (exact) mass is 247 g/mol. The van der Waals surface area contributed by atoms with Gasteiger partial charge in [-0.1, -0.05) is 12.1 Å². The molecule has 4 nitrogen and oxygen atoms in total. The average Bonchev–Trinajstić information content (AvgIpc) is 2.36. The smallest absolute Gasteiger partial charge is 0.240 e. The van der Waals surface area contributed by atoms with Gasteiger partial charge in [-0.3, -0.25) is 9.78 Å². The van der Waals surface area contributed by atoms with E-state index in [1.165, 1.54) is 0 Å². The lowest BCUT2D eigenvalue weighted by Gasteiger charge is -2.29. The van der Waals surface area contributed by atoms with Gasteiger partial charge in [-0.25, -0.2) is 0 Å². The lowest BCUT2D eigenvalue weighted by molar-refractivity contribution is -0.134. The van der Waals surface area contributed by atoms with Crippen molar-refractivity contribution in [2.45, 2.75) is 38.9 Å². The third-order valence-corrected chi connectivity index (χ3v) is 2.72. The van der Waals surface area contributed by atoms with E-state index in [9.17, 15) is 4.79 Å². The van der Waals surface area contributed by atoms with Gasteiger partial charge in [0.25, 0.3) is 0 Å². The Balaban J connectivity index is 2.77. The van der Waals surface area contributed by atoms with E-state index in [0.717, 1.165) is 5.56 Å². The number of nitrogens with zero attached hydrogens (tertiary/aromatic N) is 2. The number of amides is 1. The number of nitrogens with two attached hydrogens (primary N) is 1. The number of hydrogen-bond donors (Lipinski definition) is 1. The Morgan fingerprint density at radius 1 is 1.61 bits per heavy atom. The first kappa shape index (κ1) is 14.4. The molecule has 0 radical (unpaired) electrons. The second-order valence-electron chi connectivity index (χ2n) is 4.55. The van der Waals surface area contributed by atoms with E-state index in [1.54, 1.807) is 23.4 Å². The normalized spacial score (nSPS) is 12.2. The van der Waals surface area contributed by atoms with Crippen molar-refractivity contribution in [1.82, 2.24) is 9.88 Å². The number of hydrogen-bond acceptors (Lipinski definition) is 3. The van der Waals surface area contributed by atoms with Gasteiger partial charge in [0, 0.05) is 25.0 Å². The van der Waals surface area contributed by atoms with E-state index in [0.29, 0.717) is 13.0 Å². The first-order valence-electron chi connectivity index (χ1n) is 6.12. The van der Waals surface area contributed by atoms with Gasteiger partial charge in [-0.15, -0.1) is 6.58 Å². The zero-order chi connectivity index (χ0) is 13.5. The molecule has 2 N–H and O–H groups in total. The Hall–Kier alpha value is -1.68. The molecule has 1 aromatic heterocycles. The Morgan fingerprint density at radius 2 is 2.33 bits per heavy atom. The molecule has 1 atom stereocenters. The summed E-state index contributed by atoms with van der Waals surface area (Å²) in [5.74, 6) is -0.0475. The highest BCUT2D eigenvalue weighted by atomic mass is 16.2. The summed E-state index contributed by atoms with van der Waals surface area (Å²) in [7, 11) is 0. The summed E-state index contributed by atoms with van der Waals surface area (Å²) in [5, 5.41) is 0. The van der Waals surface area contributed by atoms with Gasteiger partial charge < -0.3 is 10.6 Å². The predicted molar refractivity (Wildman–Crippen MR) is 72.7 cm³/mol. The van der Waals surface area contributed by atoms with Crippen LogP contribution in [0.2, 0.25) is 0 Å². The maximum Gasteiger partial charge on any atom is 0.240 e. The molecule has 1 heterocycles. The van der Waals surface area contributed by atoms with E-state index in [-0.39, 0.29) is 11.9 Å². The highest BCUT2D eigenvalue weighted by Gasteiger charge is 2.22. The Labute approximate surface area is 109 Å². The van der Waals surface area contributed by atoms with Crippen LogP contribution >= 0.6 is 0 Å². The van der Waals surface area contributed by atoms with Crippen LogP contribution in [0.3, 0.4) is 0 Å². The summed E-state index contributed by atoms with van der Waals surface area (Å²) in [6.45, 7) is 8.11. The van der Waals surface area contributed by atoms with Crippen LogP contribution in [-0.2, 0) is 11.3 Å². The molecule has 4 heteroatoms. The molecular formula is C14H21N3O. The molecule has 0 aliphatic carbocycles. The molecule has 0 spiro atoms. The van der Waals surface area contributed by atoms with E-state index < -0.39 is 6.04 Å². The first-order chi connectivity index (χ1) is 8.56. The summed E-state index contributed by atoms with van der Waals surface area (Å²) in [6, 6.07) is 3.41. The van der Waals surface area contributed by atoms with Crippen LogP contribution in [0.15, 0.2) is 37.2 Å². The molecule has 1 unspecified atom stereocenters. The Kier molecular flexibility index (Phi) is 5.52. The van der Waals surface area contributed by atoms with Gasteiger partial charge in [-0.05, 0) is 31.9 Å². The zero-order valence-corrected chi connectivity index (χ0v) is 11.0. The molecule has 1 aromatic rings. The van der Waals surface area contributed by atoms with Crippen LogP contribution in [0.4, 0.5) is 0 Å². The summed E-state index contributed by atoms with van der Waals surface area (Å²) < 4.78 is 0. The van der Waals surface area contributed by atoms with Gasteiger partial charge in [-0.2, -0.15) is 0 Å². The molecule has 0 aliphatic rings. The Bertz CT molecular complexity index is 389. The van der Waals surface area contributed by atoms with Crippen molar-refractivity contribution in [1.29, 1.82) is 0 Å². The van der Waals surface area contributed by atoms with Crippen molar-refractivity contribution in [3.05, 3.63) is 42.7 Å². The maximum absolute atomic E-state index is 12.2. The standard InChI is InChI=1S/C14H21N3O/c1-4-6-13(15)14(18)17(11(2)3)10-12-7-5-8-16-9-12/h4-5,7-9,11,13H,1,6,10,15H2,2-3H3. The quantitative estimate of drug-likeness (QED) is 0.779. The third-order valence-electron chi connectivity index (χ3n) is 2.72. The second-order valence-corrected chi connectivity index (χ2v) is 4.55. The van der Waals surface area contributed by atoms with Gasteiger partial charge in [0.2, 0.25) is 5.91 Å². The van der Waals surface area contributed by atoms with Gasteiger partial charge in [0.05, 0.1) is 6.04 Å². The van der Waals surface area contributed by atoms with E-state index in [1.807, 2.05) is 26.0 Å². The minimum absolute atomic E-state index is 0.0475. The fourth-order valence-electron chi connectivity index (χ4n) is 1.70. The summed E-state index contributed by atoms with van der Waals surface area (Å²) >= 11 is 0. The van der Waals surface area contributed by atoms with Crippen molar-refractivity contribution < 1.29 is 4.79 Å². The predicted octanol–water partition coefficient (Wildman–Crippen LogP) is 1.72. The molecular weight excluding hydrogens is 226 g/mol.